The number of amides is 2. The van der Waals surface area contributed by atoms with Gasteiger partial charge in [0.15, 0.2) is 5.54 Å². The number of morpholine rings is 2. The molecule has 3 aliphatic rings. The minimum Gasteiger partial charge on any atom is -0.480 e. The molecule has 0 radical (unpaired) electrons. The minimum atomic E-state index is -1.42. The number of carboxylic acid groups (broad SMARTS) is 1. The highest BCUT2D eigenvalue weighted by Gasteiger charge is 2.49. The number of benzene rings is 1. The van der Waals surface area contributed by atoms with Gasteiger partial charge in [-0.25, -0.2) is 9.59 Å². The van der Waals surface area contributed by atoms with Gasteiger partial charge in [0, 0.05) is 24.7 Å². The van der Waals surface area contributed by atoms with Crippen molar-refractivity contribution in [3.05, 3.63) is 33.8 Å². The van der Waals surface area contributed by atoms with Crippen LogP contribution in [-0.2, 0) is 26.2 Å². The van der Waals surface area contributed by atoms with E-state index < -0.39 is 11.5 Å². The summed E-state index contributed by atoms with van der Waals surface area (Å²) in [6.45, 7) is 11.2. The first kappa shape index (κ1) is 24.3. The number of fused-ring (bicyclic) bond motifs is 1. The van der Waals surface area contributed by atoms with Crippen LogP contribution in [0.2, 0.25) is 5.02 Å². The third-order valence-electron chi connectivity index (χ3n) is 6.93. The third-order valence-corrected chi connectivity index (χ3v) is 7.15. The Morgan fingerprint density at radius 1 is 1.18 bits per heavy atom. The molecule has 1 aromatic rings. The Morgan fingerprint density at radius 3 is 2.55 bits per heavy atom. The second-order valence-corrected chi connectivity index (χ2v) is 10.8. The molecule has 3 atom stereocenters. The van der Waals surface area contributed by atoms with Crippen LogP contribution < -0.4 is 5.32 Å². The molecule has 2 N–H and O–H groups in total. The normalized spacial score (nSPS) is 28.4. The standard InChI is InChI=1S/C24H34ClN3O5/c1-15-13-32-10-8-27(15)22(31)28-7-5-16-11-17(25)12-18(19(16)20(28)23(2,3)4)24(21(29)30)14-33-9-6-26-24/h11-12,15,20,26H,5-10,13-14H2,1-4H3,(H,29,30)/t15-,20?,24-/m0/s1. The number of hydrogen-bond acceptors (Lipinski definition) is 5. The van der Waals surface area contributed by atoms with Crippen LogP contribution in [0.1, 0.15) is 50.4 Å². The van der Waals surface area contributed by atoms with Gasteiger partial charge in [0.2, 0.25) is 0 Å². The van der Waals surface area contributed by atoms with Crippen molar-refractivity contribution in [2.45, 2.75) is 51.7 Å². The van der Waals surface area contributed by atoms with Gasteiger partial charge in [0.05, 0.1) is 38.5 Å². The van der Waals surface area contributed by atoms with E-state index in [9.17, 15) is 14.7 Å². The molecule has 2 fully saturated rings. The van der Waals surface area contributed by atoms with E-state index in [-0.39, 0.29) is 30.1 Å². The number of ether oxygens (including phenoxy) is 2. The van der Waals surface area contributed by atoms with Gasteiger partial charge in [-0.3, -0.25) is 5.32 Å². The van der Waals surface area contributed by atoms with Crippen molar-refractivity contribution >= 4 is 23.6 Å². The maximum absolute atomic E-state index is 13.8. The molecular weight excluding hydrogens is 446 g/mol. The number of carbonyl (C=O) groups is 2. The van der Waals surface area contributed by atoms with Gasteiger partial charge in [-0.1, -0.05) is 32.4 Å². The summed E-state index contributed by atoms with van der Waals surface area (Å²) in [7, 11) is 0. The molecule has 8 nitrogen and oxygen atoms in total. The van der Waals surface area contributed by atoms with Crippen LogP contribution >= 0.6 is 11.6 Å². The van der Waals surface area contributed by atoms with E-state index in [1.54, 1.807) is 6.07 Å². The lowest BCUT2D eigenvalue weighted by Gasteiger charge is -2.49. The third kappa shape index (κ3) is 4.34. The molecule has 0 aliphatic carbocycles. The Hall–Kier alpha value is -1.87. The number of carboxylic acids is 1. The smallest absolute Gasteiger partial charge is 0.331 e. The Labute approximate surface area is 200 Å². The van der Waals surface area contributed by atoms with Crippen LogP contribution in [0, 0.1) is 5.41 Å². The van der Waals surface area contributed by atoms with Gasteiger partial charge >= 0.3 is 12.0 Å². The van der Waals surface area contributed by atoms with E-state index in [1.807, 2.05) is 22.8 Å². The number of aliphatic carboxylic acids is 1. The molecule has 0 saturated carbocycles. The molecule has 182 valence electrons. The fourth-order valence-electron chi connectivity index (χ4n) is 5.40. The summed E-state index contributed by atoms with van der Waals surface area (Å²) in [6.07, 6.45) is 0.608. The molecular formula is C24H34ClN3O5. The van der Waals surface area contributed by atoms with E-state index in [0.717, 1.165) is 11.1 Å². The number of halogens is 1. The maximum Gasteiger partial charge on any atom is 0.331 e. The first-order chi connectivity index (χ1) is 15.6. The molecule has 3 heterocycles. The van der Waals surface area contributed by atoms with Gasteiger partial charge in [-0.05, 0) is 47.6 Å². The monoisotopic (exact) mass is 479 g/mol. The van der Waals surface area contributed by atoms with Gasteiger partial charge < -0.3 is 24.4 Å². The summed E-state index contributed by atoms with van der Waals surface area (Å²) in [5.41, 5.74) is 0.676. The number of hydrogen-bond donors (Lipinski definition) is 2. The van der Waals surface area contributed by atoms with Gasteiger partial charge in [-0.15, -0.1) is 0 Å². The fourth-order valence-corrected chi connectivity index (χ4v) is 5.65. The number of nitrogens with zero attached hydrogens (tertiary/aromatic N) is 2. The Bertz CT molecular complexity index is 925. The van der Waals surface area contributed by atoms with Crippen LogP contribution in [0.3, 0.4) is 0 Å². The SMILES string of the molecule is C[C@H]1COCCN1C(=O)N1CCc2cc(Cl)cc([C@]3(C(=O)O)COCCN3)c2C1C(C)(C)C. The number of nitrogens with one attached hydrogen (secondary N) is 1. The molecule has 1 unspecified atom stereocenters. The average molecular weight is 480 g/mol. The van der Waals surface area contributed by atoms with Crippen LogP contribution in [0.15, 0.2) is 12.1 Å². The summed E-state index contributed by atoms with van der Waals surface area (Å²) >= 11 is 6.51. The lowest BCUT2D eigenvalue weighted by atomic mass is 9.72. The average Bonchev–Trinajstić information content (AvgIpc) is 2.77. The van der Waals surface area contributed by atoms with Crippen molar-refractivity contribution in [2.75, 3.05) is 46.1 Å². The van der Waals surface area contributed by atoms with Crippen molar-refractivity contribution in [3.8, 4) is 0 Å². The molecule has 0 spiro atoms. The Kier molecular flexibility index (Phi) is 6.66. The van der Waals surface area contributed by atoms with Gasteiger partial charge in [-0.2, -0.15) is 0 Å². The maximum atomic E-state index is 13.8. The first-order valence-electron chi connectivity index (χ1n) is 11.6. The molecule has 2 amide bonds. The van der Waals surface area contributed by atoms with E-state index >= 15 is 0 Å². The molecule has 2 saturated heterocycles. The molecule has 33 heavy (non-hydrogen) atoms. The van der Waals surface area contributed by atoms with Gasteiger partial charge in [0.25, 0.3) is 0 Å². The zero-order valence-electron chi connectivity index (χ0n) is 19.8. The van der Waals surface area contributed by atoms with E-state index in [1.165, 1.54) is 0 Å². The summed E-state index contributed by atoms with van der Waals surface area (Å²) in [6, 6.07) is 3.28. The second-order valence-electron chi connectivity index (χ2n) is 10.3. The second kappa shape index (κ2) is 9.06. The van der Waals surface area contributed by atoms with Crippen molar-refractivity contribution < 1.29 is 24.2 Å². The molecule has 1 aromatic carbocycles. The predicted molar refractivity (Wildman–Crippen MR) is 125 cm³/mol. The van der Waals surface area contributed by atoms with E-state index in [0.29, 0.717) is 56.5 Å². The Balaban J connectivity index is 1.87. The highest BCUT2D eigenvalue weighted by atomic mass is 35.5. The predicted octanol–water partition coefficient (Wildman–Crippen LogP) is 3.03. The van der Waals surface area contributed by atoms with Crippen LogP contribution in [-0.4, -0.2) is 79.0 Å². The molecule has 0 bridgehead atoms. The molecule has 4 rings (SSSR count). The van der Waals surface area contributed by atoms with Crippen molar-refractivity contribution in [1.29, 1.82) is 0 Å². The summed E-state index contributed by atoms with van der Waals surface area (Å²) < 4.78 is 11.2. The number of carbonyl (C=O) groups excluding carboxylic acids is 1. The van der Waals surface area contributed by atoms with Crippen LogP contribution in [0.5, 0.6) is 0 Å². The van der Waals surface area contributed by atoms with Crippen molar-refractivity contribution in [3.63, 3.8) is 0 Å². The zero-order valence-corrected chi connectivity index (χ0v) is 20.6. The van der Waals surface area contributed by atoms with Crippen molar-refractivity contribution in [1.82, 2.24) is 15.1 Å². The highest BCUT2D eigenvalue weighted by molar-refractivity contribution is 6.30. The fraction of sp³-hybridized carbons (Fsp3) is 0.667. The van der Waals surface area contributed by atoms with Gasteiger partial charge in [0.1, 0.15) is 0 Å². The molecule has 0 aromatic heterocycles. The van der Waals surface area contributed by atoms with Crippen molar-refractivity contribution in [2.24, 2.45) is 5.41 Å². The number of rotatable bonds is 2. The van der Waals surface area contributed by atoms with Crippen LogP contribution in [0.4, 0.5) is 4.79 Å². The molecule has 3 aliphatic heterocycles. The summed E-state index contributed by atoms with van der Waals surface area (Å²) in [5, 5.41) is 14.0. The lowest BCUT2D eigenvalue weighted by molar-refractivity contribution is -0.151. The quantitative estimate of drug-likeness (QED) is 0.677. The van der Waals surface area contributed by atoms with Crippen LogP contribution in [0.25, 0.3) is 0 Å². The number of urea groups is 1. The lowest BCUT2D eigenvalue weighted by Crippen LogP contribution is -2.59. The molecule has 9 heteroatoms. The zero-order chi connectivity index (χ0) is 24.0. The first-order valence-corrected chi connectivity index (χ1v) is 12.0. The topological polar surface area (TPSA) is 91.3 Å². The summed E-state index contributed by atoms with van der Waals surface area (Å²) in [5.74, 6) is -1.01. The minimum absolute atomic E-state index is 0.000419. The highest BCUT2D eigenvalue weighted by Crippen LogP contribution is 2.47. The van der Waals surface area contributed by atoms with E-state index in [4.69, 9.17) is 21.1 Å². The van der Waals surface area contributed by atoms with E-state index in [2.05, 4.69) is 26.1 Å². The largest absolute Gasteiger partial charge is 0.480 e. The Morgan fingerprint density at radius 2 is 1.94 bits per heavy atom. The summed E-state index contributed by atoms with van der Waals surface area (Å²) in [4.78, 5) is 30.3.